The Labute approximate surface area is 166 Å². The van der Waals surface area contributed by atoms with Crippen molar-refractivity contribution < 1.29 is 9.84 Å². The zero-order valence-electron chi connectivity index (χ0n) is 18.2. The van der Waals surface area contributed by atoms with Gasteiger partial charge in [-0.05, 0) is 89.9 Å². The molecule has 0 bridgehead atoms. The summed E-state index contributed by atoms with van der Waals surface area (Å²) >= 11 is 0. The molecule has 5 aliphatic rings. The molecule has 152 valence electrons. The van der Waals surface area contributed by atoms with Gasteiger partial charge in [-0.2, -0.15) is 0 Å². The fourth-order valence-corrected chi connectivity index (χ4v) is 9.81. The van der Waals surface area contributed by atoms with Gasteiger partial charge in [0.15, 0.2) is 6.29 Å². The zero-order chi connectivity index (χ0) is 19.2. The van der Waals surface area contributed by atoms with Gasteiger partial charge in [0.25, 0.3) is 0 Å². The van der Waals surface area contributed by atoms with Crippen LogP contribution in [0.25, 0.3) is 0 Å². The molecular weight excluding hydrogens is 332 g/mol. The van der Waals surface area contributed by atoms with E-state index in [1.54, 1.807) is 0 Å². The number of rotatable bonds is 0. The summed E-state index contributed by atoms with van der Waals surface area (Å²) in [5.41, 5.74) is 3.02. The minimum Gasteiger partial charge on any atom is -0.367 e. The largest absolute Gasteiger partial charge is 0.367 e. The number of hydrogen-bond acceptors (Lipinski definition) is 2. The van der Waals surface area contributed by atoms with Gasteiger partial charge in [0.1, 0.15) is 0 Å². The molecule has 2 nitrogen and oxygen atoms in total. The van der Waals surface area contributed by atoms with Crippen molar-refractivity contribution in [3.05, 3.63) is 11.6 Å². The molecule has 8 atom stereocenters. The Morgan fingerprint density at radius 1 is 0.852 bits per heavy atom. The molecule has 0 aromatic carbocycles. The van der Waals surface area contributed by atoms with E-state index in [1.807, 2.05) is 0 Å². The van der Waals surface area contributed by atoms with Gasteiger partial charge >= 0.3 is 0 Å². The predicted molar refractivity (Wildman–Crippen MR) is 109 cm³/mol. The van der Waals surface area contributed by atoms with Crippen molar-refractivity contribution in [2.75, 3.05) is 6.61 Å². The Morgan fingerprint density at radius 2 is 1.52 bits per heavy atom. The standard InChI is InChI=1S/C25H40O2/c1-22(2)11-6-12-23(3)17(22)9-13-24(4)18-8-7-16-15-27-21(26)20(16)25(18,5)14-10-19(23)24/h7,17-21,26H,6,8-15H2,1-5H3/t17?,18?,19-,20-,21-,23+,24+,25+/m1/s1. The van der Waals surface area contributed by atoms with Crippen molar-refractivity contribution in [1.29, 1.82) is 0 Å². The van der Waals surface area contributed by atoms with Crippen molar-refractivity contribution in [3.63, 3.8) is 0 Å². The van der Waals surface area contributed by atoms with E-state index in [9.17, 15) is 5.11 Å². The van der Waals surface area contributed by atoms with Gasteiger partial charge in [-0.3, -0.25) is 0 Å². The molecule has 0 amide bonds. The first kappa shape index (κ1) is 18.7. The molecule has 0 aromatic heterocycles. The average Bonchev–Trinajstić information content (AvgIpc) is 2.95. The second-order valence-electron chi connectivity index (χ2n) is 12.3. The molecule has 0 aromatic rings. The van der Waals surface area contributed by atoms with E-state index in [0.717, 1.165) is 11.8 Å². The lowest BCUT2D eigenvalue weighted by Gasteiger charge is -2.69. The summed E-state index contributed by atoms with van der Waals surface area (Å²) in [4.78, 5) is 0. The van der Waals surface area contributed by atoms with Crippen LogP contribution in [0.5, 0.6) is 0 Å². The van der Waals surface area contributed by atoms with Gasteiger partial charge in [0.05, 0.1) is 6.61 Å². The van der Waals surface area contributed by atoms with Crippen LogP contribution in [0.1, 0.15) is 86.0 Å². The molecule has 1 heterocycles. The molecule has 3 saturated carbocycles. The first-order valence-electron chi connectivity index (χ1n) is 11.6. The van der Waals surface area contributed by atoms with Crippen LogP contribution in [0, 0.1) is 45.3 Å². The van der Waals surface area contributed by atoms with Gasteiger partial charge < -0.3 is 9.84 Å². The van der Waals surface area contributed by atoms with Gasteiger partial charge in [0, 0.05) is 5.92 Å². The third kappa shape index (κ3) is 2.26. The summed E-state index contributed by atoms with van der Waals surface area (Å²) < 4.78 is 5.70. The highest BCUT2D eigenvalue weighted by molar-refractivity contribution is 5.25. The van der Waals surface area contributed by atoms with E-state index in [1.165, 1.54) is 56.9 Å². The van der Waals surface area contributed by atoms with E-state index in [4.69, 9.17) is 4.74 Å². The molecule has 2 heteroatoms. The molecule has 2 unspecified atom stereocenters. The summed E-state index contributed by atoms with van der Waals surface area (Å²) in [6, 6.07) is 0. The van der Waals surface area contributed by atoms with Crippen LogP contribution in [0.4, 0.5) is 0 Å². The van der Waals surface area contributed by atoms with Crippen LogP contribution in [-0.2, 0) is 4.74 Å². The number of aliphatic hydroxyl groups excluding tert-OH is 1. The van der Waals surface area contributed by atoms with Gasteiger partial charge in [-0.15, -0.1) is 0 Å². The topological polar surface area (TPSA) is 29.5 Å². The van der Waals surface area contributed by atoms with E-state index >= 15 is 0 Å². The Hall–Kier alpha value is -0.340. The maximum atomic E-state index is 10.7. The Bertz CT molecular complexity index is 665. The number of hydrogen-bond donors (Lipinski definition) is 1. The Kier molecular flexibility index (Phi) is 3.89. The molecule has 0 spiro atoms. The SMILES string of the molecule is CC1(C)CCC[C@@]2(C)C1CC[C@@]1(C)C3CC=C4CO[C@@H](O)[C@@H]4[C@@]3(C)CC[C@H]21. The van der Waals surface area contributed by atoms with E-state index in [0.29, 0.717) is 28.8 Å². The molecule has 0 radical (unpaired) electrons. The fraction of sp³-hybridized carbons (Fsp3) is 0.920. The average molecular weight is 373 g/mol. The number of aliphatic hydroxyl groups is 1. The van der Waals surface area contributed by atoms with Gasteiger partial charge in [0.2, 0.25) is 0 Å². The maximum absolute atomic E-state index is 10.7. The highest BCUT2D eigenvalue weighted by atomic mass is 16.6. The summed E-state index contributed by atoms with van der Waals surface area (Å²) in [6.07, 6.45) is 12.7. The second-order valence-corrected chi connectivity index (χ2v) is 12.3. The van der Waals surface area contributed by atoms with Gasteiger partial charge in [-0.25, -0.2) is 0 Å². The van der Waals surface area contributed by atoms with Crippen molar-refractivity contribution in [2.24, 2.45) is 45.3 Å². The minimum absolute atomic E-state index is 0.207. The van der Waals surface area contributed by atoms with E-state index < -0.39 is 6.29 Å². The van der Waals surface area contributed by atoms with Crippen molar-refractivity contribution >= 4 is 0 Å². The fourth-order valence-electron chi connectivity index (χ4n) is 9.81. The number of fused-ring (bicyclic) bond motifs is 7. The lowest BCUT2D eigenvalue weighted by molar-refractivity contribution is -0.213. The van der Waals surface area contributed by atoms with E-state index in [2.05, 4.69) is 40.7 Å². The quantitative estimate of drug-likeness (QED) is 0.533. The monoisotopic (exact) mass is 372 g/mol. The van der Waals surface area contributed by atoms with Crippen LogP contribution in [0.2, 0.25) is 0 Å². The second kappa shape index (κ2) is 5.63. The first-order chi connectivity index (χ1) is 12.6. The van der Waals surface area contributed by atoms with Crippen LogP contribution < -0.4 is 0 Å². The minimum atomic E-state index is -0.579. The highest BCUT2D eigenvalue weighted by Gasteiger charge is 2.66. The molecule has 1 N–H and O–H groups in total. The number of allylic oxidation sites excluding steroid dienone is 1. The molecule has 1 saturated heterocycles. The zero-order valence-corrected chi connectivity index (χ0v) is 18.2. The summed E-state index contributed by atoms with van der Waals surface area (Å²) in [7, 11) is 0. The normalized spacial score (nSPS) is 56.4. The number of ether oxygens (including phenoxy) is 1. The molecular formula is C25H40O2. The molecule has 4 aliphatic carbocycles. The molecule has 4 fully saturated rings. The lowest BCUT2D eigenvalue weighted by Crippen LogP contribution is -2.62. The Balaban J connectivity index is 1.55. The van der Waals surface area contributed by atoms with Crippen molar-refractivity contribution in [1.82, 2.24) is 0 Å². The third-order valence-electron chi connectivity index (χ3n) is 10.8. The molecule has 27 heavy (non-hydrogen) atoms. The first-order valence-corrected chi connectivity index (χ1v) is 11.6. The smallest absolute Gasteiger partial charge is 0.162 e. The molecule has 5 rings (SSSR count). The summed E-state index contributed by atoms with van der Waals surface area (Å²) in [5, 5.41) is 10.7. The lowest BCUT2D eigenvalue weighted by atomic mass is 9.35. The van der Waals surface area contributed by atoms with E-state index in [-0.39, 0.29) is 11.3 Å². The maximum Gasteiger partial charge on any atom is 0.162 e. The van der Waals surface area contributed by atoms with Crippen molar-refractivity contribution in [2.45, 2.75) is 92.3 Å². The van der Waals surface area contributed by atoms with Crippen LogP contribution in [-0.4, -0.2) is 18.0 Å². The highest BCUT2D eigenvalue weighted by Crippen LogP contribution is 2.73. The summed E-state index contributed by atoms with van der Waals surface area (Å²) in [6.45, 7) is 13.6. The van der Waals surface area contributed by atoms with Crippen LogP contribution in [0.3, 0.4) is 0 Å². The third-order valence-corrected chi connectivity index (χ3v) is 10.8. The summed E-state index contributed by atoms with van der Waals surface area (Å²) in [5.74, 6) is 2.66. The molecule has 1 aliphatic heterocycles. The predicted octanol–water partition coefficient (Wildman–Crippen LogP) is 5.95. The van der Waals surface area contributed by atoms with Crippen LogP contribution in [0.15, 0.2) is 11.6 Å². The van der Waals surface area contributed by atoms with Gasteiger partial charge in [-0.1, -0.05) is 47.1 Å². The van der Waals surface area contributed by atoms with Crippen LogP contribution >= 0.6 is 0 Å². The Morgan fingerprint density at radius 3 is 2.30 bits per heavy atom. The van der Waals surface area contributed by atoms with Crippen molar-refractivity contribution in [3.8, 4) is 0 Å².